The molecule has 0 spiro atoms. The summed E-state index contributed by atoms with van der Waals surface area (Å²) >= 11 is 0. The zero-order valence-electron chi connectivity index (χ0n) is 12.9. The van der Waals surface area contributed by atoms with Crippen LogP contribution in [-0.4, -0.2) is 54.2 Å². The second-order valence-corrected chi connectivity index (χ2v) is 6.98. The van der Waals surface area contributed by atoms with Gasteiger partial charge in [-0.1, -0.05) is 0 Å². The van der Waals surface area contributed by atoms with Crippen molar-refractivity contribution in [1.29, 1.82) is 0 Å². The van der Waals surface area contributed by atoms with Gasteiger partial charge in [0.2, 0.25) is 0 Å². The Morgan fingerprint density at radius 1 is 1.30 bits per heavy atom. The molecule has 2 aromatic rings. The van der Waals surface area contributed by atoms with Crippen molar-refractivity contribution in [3.05, 3.63) is 24.9 Å². The fourth-order valence-electron chi connectivity index (χ4n) is 2.54. The van der Waals surface area contributed by atoms with E-state index in [1.54, 1.807) is 24.0 Å². The Morgan fingerprint density at radius 2 is 2.09 bits per heavy atom. The van der Waals surface area contributed by atoms with E-state index < -0.39 is 10.0 Å². The highest BCUT2D eigenvalue weighted by Gasteiger charge is 2.30. The quantitative estimate of drug-likeness (QED) is 0.804. The van der Waals surface area contributed by atoms with E-state index in [9.17, 15) is 8.42 Å². The summed E-state index contributed by atoms with van der Waals surface area (Å²) in [4.78, 5) is 14.2. The highest BCUT2D eigenvalue weighted by molar-refractivity contribution is 7.89. The summed E-state index contributed by atoms with van der Waals surface area (Å²) in [6, 6.07) is -0.214. The molecule has 0 aliphatic carbocycles. The topological polar surface area (TPSA) is 102 Å². The third kappa shape index (κ3) is 3.27. The molecule has 3 rings (SSSR count). The van der Waals surface area contributed by atoms with Crippen molar-refractivity contribution in [1.82, 2.24) is 24.2 Å². The van der Waals surface area contributed by atoms with Crippen LogP contribution in [0.15, 0.2) is 29.9 Å². The standard InChI is InChI=1S/C13H18N6O3S/c1-18-8-11(16-9-18)23(20,21)17-10-3-6-19(7-10)12-13(22-2)15-5-4-14-12/h4-5,8-10,17H,3,6-7H2,1-2H3/t10-/m1/s1. The molecular formula is C13H18N6O3S. The van der Waals surface area contributed by atoms with Crippen molar-refractivity contribution >= 4 is 15.8 Å². The molecule has 23 heavy (non-hydrogen) atoms. The minimum absolute atomic E-state index is 0.0236. The number of imidazole rings is 1. The Kier molecular flexibility index (Phi) is 4.18. The number of rotatable bonds is 5. The lowest BCUT2D eigenvalue weighted by atomic mass is 10.3. The summed E-state index contributed by atoms with van der Waals surface area (Å²) in [5.74, 6) is 1.05. The molecular weight excluding hydrogens is 320 g/mol. The van der Waals surface area contributed by atoms with Gasteiger partial charge in [0.25, 0.3) is 15.9 Å². The molecule has 0 radical (unpaired) electrons. The largest absolute Gasteiger partial charge is 0.478 e. The van der Waals surface area contributed by atoms with Crippen LogP contribution in [0.25, 0.3) is 0 Å². The van der Waals surface area contributed by atoms with Crippen molar-refractivity contribution in [2.24, 2.45) is 7.05 Å². The Labute approximate surface area is 134 Å². The van der Waals surface area contributed by atoms with Crippen LogP contribution in [0.1, 0.15) is 6.42 Å². The minimum Gasteiger partial charge on any atom is -0.478 e. The molecule has 0 unspecified atom stereocenters. The van der Waals surface area contributed by atoms with Crippen molar-refractivity contribution in [3.63, 3.8) is 0 Å². The van der Waals surface area contributed by atoms with E-state index in [0.29, 0.717) is 31.2 Å². The van der Waals surface area contributed by atoms with E-state index in [1.165, 1.54) is 19.6 Å². The average Bonchev–Trinajstić information content (AvgIpc) is 3.16. The monoisotopic (exact) mass is 338 g/mol. The summed E-state index contributed by atoms with van der Waals surface area (Å²) in [6.07, 6.45) is 6.75. The van der Waals surface area contributed by atoms with Crippen molar-refractivity contribution in [2.45, 2.75) is 17.5 Å². The molecule has 0 amide bonds. The van der Waals surface area contributed by atoms with Crippen LogP contribution in [0.3, 0.4) is 0 Å². The normalized spacial score (nSPS) is 18.3. The van der Waals surface area contributed by atoms with Gasteiger partial charge in [-0.2, -0.15) is 0 Å². The first kappa shape index (κ1) is 15.7. The molecule has 1 atom stereocenters. The maximum Gasteiger partial charge on any atom is 0.259 e. The lowest BCUT2D eigenvalue weighted by Crippen LogP contribution is -2.37. The molecule has 3 heterocycles. The number of sulfonamides is 1. The molecule has 0 aromatic carbocycles. The lowest BCUT2D eigenvalue weighted by molar-refractivity contribution is 0.396. The minimum atomic E-state index is -3.62. The van der Waals surface area contributed by atoms with Crippen molar-refractivity contribution in [3.8, 4) is 5.88 Å². The van der Waals surface area contributed by atoms with Crippen molar-refractivity contribution in [2.75, 3.05) is 25.1 Å². The van der Waals surface area contributed by atoms with Crippen LogP contribution < -0.4 is 14.4 Å². The first-order valence-electron chi connectivity index (χ1n) is 7.10. The molecule has 1 fully saturated rings. The third-order valence-corrected chi connectivity index (χ3v) is 5.01. The van der Waals surface area contributed by atoms with Crippen LogP contribution in [-0.2, 0) is 17.1 Å². The molecule has 2 aromatic heterocycles. The molecule has 0 saturated carbocycles. The molecule has 0 bridgehead atoms. The predicted octanol–water partition coefficient (Wildman–Crippen LogP) is -0.224. The summed E-state index contributed by atoms with van der Waals surface area (Å²) in [5.41, 5.74) is 0. The molecule has 124 valence electrons. The number of nitrogens with one attached hydrogen (secondary N) is 1. The zero-order chi connectivity index (χ0) is 16.4. The maximum absolute atomic E-state index is 12.3. The summed E-state index contributed by atoms with van der Waals surface area (Å²) in [7, 11) is -0.362. The highest BCUT2D eigenvalue weighted by Crippen LogP contribution is 2.26. The maximum atomic E-state index is 12.3. The molecule has 1 saturated heterocycles. The van der Waals surface area contributed by atoms with E-state index in [2.05, 4.69) is 19.7 Å². The fourth-order valence-corrected chi connectivity index (χ4v) is 3.78. The van der Waals surface area contributed by atoms with E-state index >= 15 is 0 Å². The van der Waals surface area contributed by atoms with Gasteiger partial charge in [0.05, 0.1) is 13.4 Å². The summed E-state index contributed by atoms with van der Waals surface area (Å²) in [5, 5.41) is 0.0236. The Bertz CT molecular complexity index is 791. The Balaban J connectivity index is 1.71. The number of aromatic nitrogens is 4. The molecule has 1 aliphatic rings. The van der Waals surface area contributed by atoms with E-state index in [-0.39, 0.29) is 11.1 Å². The van der Waals surface area contributed by atoms with Crippen LogP contribution in [0.2, 0.25) is 0 Å². The summed E-state index contributed by atoms with van der Waals surface area (Å²) < 4.78 is 34.1. The Morgan fingerprint density at radius 3 is 2.78 bits per heavy atom. The summed E-state index contributed by atoms with van der Waals surface area (Å²) in [6.45, 7) is 1.17. The number of anilines is 1. The molecule has 1 aliphatic heterocycles. The van der Waals surface area contributed by atoms with Gasteiger partial charge in [-0.25, -0.2) is 28.1 Å². The van der Waals surface area contributed by atoms with Gasteiger partial charge < -0.3 is 14.2 Å². The van der Waals surface area contributed by atoms with Crippen molar-refractivity contribution < 1.29 is 13.2 Å². The first-order valence-corrected chi connectivity index (χ1v) is 8.58. The Hall–Kier alpha value is -2.20. The van der Waals surface area contributed by atoms with E-state index in [0.717, 1.165) is 0 Å². The van der Waals surface area contributed by atoms with E-state index in [1.807, 2.05) is 4.90 Å². The van der Waals surface area contributed by atoms with Gasteiger partial charge in [0.1, 0.15) is 0 Å². The number of nitrogens with zero attached hydrogens (tertiary/aromatic N) is 5. The van der Waals surface area contributed by atoms with Gasteiger partial charge in [-0.15, -0.1) is 0 Å². The number of hydrogen-bond acceptors (Lipinski definition) is 7. The van der Waals surface area contributed by atoms with Crippen LogP contribution in [0.4, 0.5) is 5.82 Å². The fraction of sp³-hybridized carbons (Fsp3) is 0.462. The highest BCUT2D eigenvalue weighted by atomic mass is 32.2. The molecule has 10 heteroatoms. The first-order chi connectivity index (χ1) is 11.0. The average molecular weight is 338 g/mol. The van der Waals surface area contributed by atoms with Gasteiger partial charge >= 0.3 is 0 Å². The lowest BCUT2D eigenvalue weighted by Gasteiger charge is -2.19. The van der Waals surface area contributed by atoms with Gasteiger partial charge in [0.15, 0.2) is 10.8 Å². The van der Waals surface area contributed by atoms with Crippen LogP contribution >= 0.6 is 0 Å². The van der Waals surface area contributed by atoms with E-state index in [4.69, 9.17) is 4.74 Å². The van der Waals surface area contributed by atoms with Crippen LogP contribution in [0.5, 0.6) is 5.88 Å². The number of hydrogen-bond donors (Lipinski definition) is 1. The number of aryl methyl sites for hydroxylation is 1. The van der Waals surface area contributed by atoms with Gasteiger partial charge in [-0.3, -0.25) is 0 Å². The predicted molar refractivity (Wildman–Crippen MR) is 82.7 cm³/mol. The number of methoxy groups -OCH3 is 1. The van der Waals surface area contributed by atoms with Gasteiger partial charge in [-0.05, 0) is 6.42 Å². The second-order valence-electron chi connectivity index (χ2n) is 5.32. The van der Waals surface area contributed by atoms with Crippen LogP contribution in [0, 0.1) is 0 Å². The second kappa shape index (κ2) is 6.13. The van der Waals surface area contributed by atoms with Gasteiger partial charge in [0, 0.05) is 44.8 Å². The zero-order valence-corrected chi connectivity index (χ0v) is 13.7. The SMILES string of the molecule is COc1nccnc1N1CC[C@@H](NS(=O)(=O)c2cn(C)cn2)C1. The smallest absolute Gasteiger partial charge is 0.259 e. The number of ether oxygens (including phenoxy) is 1. The molecule has 9 nitrogen and oxygen atoms in total. The molecule has 1 N–H and O–H groups in total. The third-order valence-electron chi connectivity index (χ3n) is 3.61.